The second-order valence-electron chi connectivity index (χ2n) is 5.04. The molecule has 1 atom stereocenters. The monoisotopic (exact) mass is 246 g/mol. The molecule has 98 valence electrons. The third kappa shape index (κ3) is 4.48. The van der Waals surface area contributed by atoms with Gasteiger partial charge in [0.25, 0.3) is 0 Å². The van der Waals surface area contributed by atoms with Crippen molar-refractivity contribution in [1.82, 2.24) is 0 Å². The Labute approximate surface area is 110 Å². The Morgan fingerprint density at radius 2 is 2.00 bits per heavy atom. The van der Waals surface area contributed by atoms with E-state index in [9.17, 15) is 5.26 Å². The molecule has 0 saturated carbocycles. The molecule has 0 bridgehead atoms. The first-order chi connectivity index (χ1) is 8.58. The Morgan fingerprint density at radius 1 is 1.33 bits per heavy atom. The zero-order valence-electron chi connectivity index (χ0n) is 11.2. The maximum Gasteiger partial charge on any atom is 0.153 e. The van der Waals surface area contributed by atoms with Crippen molar-refractivity contribution < 1.29 is 4.74 Å². The summed E-state index contributed by atoms with van der Waals surface area (Å²) in [6.07, 6.45) is 2.14. The van der Waals surface area contributed by atoms with Crippen molar-refractivity contribution in [1.29, 1.82) is 5.26 Å². The van der Waals surface area contributed by atoms with Crippen LogP contribution in [-0.2, 0) is 10.3 Å². The summed E-state index contributed by atoms with van der Waals surface area (Å²) in [4.78, 5) is 0. The second-order valence-corrected chi connectivity index (χ2v) is 5.04. The zero-order valence-corrected chi connectivity index (χ0v) is 11.2. The fourth-order valence-corrected chi connectivity index (χ4v) is 1.74. The molecule has 0 saturated heterocycles. The molecule has 0 aliphatic rings. The molecule has 18 heavy (non-hydrogen) atoms. The molecule has 0 fully saturated rings. The van der Waals surface area contributed by atoms with Crippen molar-refractivity contribution in [3.63, 3.8) is 0 Å². The standard InChI is InChI=1S/C15H22N2O/c1-13(2)7-6-10-18-12-15(17,11-16)14-8-4-3-5-9-14/h3-5,8-9,13H,6-7,10,12,17H2,1-2H3. The minimum Gasteiger partial charge on any atom is -0.378 e. The van der Waals surface area contributed by atoms with E-state index in [1.165, 1.54) is 0 Å². The summed E-state index contributed by atoms with van der Waals surface area (Å²) in [5, 5.41) is 9.23. The highest BCUT2D eigenvalue weighted by Gasteiger charge is 2.27. The van der Waals surface area contributed by atoms with Crippen molar-refractivity contribution >= 4 is 0 Å². The van der Waals surface area contributed by atoms with E-state index in [0.29, 0.717) is 12.5 Å². The topological polar surface area (TPSA) is 59.0 Å². The number of benzene rings is 1. The van der Waals surface area contributed by atoms with Gasteiger partial charge in [0.1, 0.15) is 0 Å². The van der Waals surface area contributed by atoms with E-state index >= 15 is 0 Å². The Kier molecular flexibility index (Phi) is 5.84. The first kappa shape index (κ1) is 14.7. The van der Waals surface area contributed by atoms with Crippen LogP contribution in [0.2, 0.25) is 0 Å². The molecule has 3 heteroatoms. The van der Waals surface area contributed by atoms with Gasteiger partial charge in [-0.2, -0.15) is 5.26 Å². The number of nitrogens with zero attached hydrogens (tertiary/aromatic N) is 1. The van der Waals surface area contributed by atoms with Gasteiger partial charge in [0.2, 0.25) is 0 Å². The molecule has 1 aromatic rings. The number of hydrogen-bond acceptors (Lipinski definition) is 3. The third-order valence-corrected chi connectivity index (χ3v) is 2.89. The van der Waals surface area contributed by atoms with Crippen LogP contribution in [0.5, 0.6) is 0 Å². The van der Waals surface area contributed by atoms with E-state index < -0.39 is 5.54 Å². The molecule has 1 aromatic carbocycles. The van der Waals surface area contributed by atoms with Crippen LogP contribution < -0.4 is 5.73 Å². The summed E-state index contributed by atoms with van der Waals surface area (Å²) in [7, 11) is 0. The molecule has 2 N–H and O–H groups in total. The van der Waals surface area contributed by atoms with Crippen LogP contribution in [-0.4, -0.2) is 13.2 Å². The van der Waals surface area contributed by atoms with E-state index in [4.69, 9.17) is 10.5 Å². The highest BCUT2D eigenvalue weighted by Crippen LogP contribution is 2.17. The van der Waals surface area contributed by atoms with Crippen LogP contribution in [0.1, 0.15) is 32.3 Å². The maximum atomic E-state index is 9.23. The average Bonchev–Trinajstić information content (AvgIpc) is 2.38. The molecule has 0 aromatic heterocycles. The van der Waals surface area contributed by atoms with Crippen LogP contribution in [0.4, 0.5) is 0 Å². The van der Waals surface area contributed by atoms with Crippen molar-refractivity contribution in [2.45, 2.75) is 32.2 Å². The second kappa shape index (κ2) is 7.15. The minimum absolute atomic E-state index is 0.242. The summed E-state index contributed by atoms with van der Waals surface area (Å²) in [5.41, 5.74) is 5.83. The normalized spacial score (nSPS) is 14.2. The molecule has 0 radical (unpaired) electrons. The molecule has 3 nitrogen and oxygen atoms in total. The lowest BCUT2D eigenvalue weighted by atomic mass is 9.94. The van der Waals surface area contributed by atoms with Gasteiger partial charge in [-0.15, -0.1) is 0 Å². The molecular weight excluding hydrogens is 224 g/mol. The van der Waals surface area contributed by atoms with Crippen LogP contribution in [0.15, 0.2) is 30.3 Å². The van der Waals surface area contributed by atoms with Gasteiger partial charge in [0, 0.05) is 6.61 Å². The van der Waals surface area contributed by atoms with E-state index in [-0.39, 0.29) is 6.61 Å². The number of rotatable bonds is 7. The lowest BCUT2D eigenvalue weighted by Gasteiger charge is -2.22. The van der Waals surface area contributed by atoms with Gasteiger partial charge in [0.05, 0.1) is 12.7 Å². The number of nitrogens with two attached hydrogens (primary N) is 1. The van der Waals surface area contributed by atoms with Gasteiger partial charge < -0.3 is 10.5 Å². The molecule has 0 heterocycles. The summed E-state index contributed by atoms with van der Waals surface area (Å²) >= 11 is 0. The molecule has 0 aliphatic heterocycles. The van der Waals surface area contributed by atoms with Gasteiger partial charge in [-0.3, -0.25) is 0 Å². The Bertz CT molecular complexity index is 383. The fourth-order valence-electron chi connectivity index (χ4n) is 1.74. The van der Waals surface area contributed by atoms with Gasteiger partial charge >= 0.3 is 0 Å². The van der Waals surface area contributed by atoms with E-state index in [2.05, 4.69) is 19.9 Å². The van der Waals surface area contributed by atoms with E-state index in [1.54, 1.807) is 0 Å². The molecule has 0 spiro atoms. The van der Waals surface area contributed by atoms with Crippen molar-refractivity contribution in [2.75, 3.05) is 13.2 Å². The van der Waals surface area contributed by atoms with Crippen molar-refractivity contribution in [3.8, 4) is 6.07 Å². The van der Waals surface area contributed by atoms with Crippen molar-refractivity contribution in [2.24, 2.45) is 11.7 Å². The van der Waals surface area contributed by atoms with Crippen LogP contribution in [0.3, 0.4) is 0 Å². The largest absolute Gasteiger partial charge is 0.378 e. The summed E-state index contributed by atoms with van der Waals surface area (Å²) in [5.74, 6) is 0.682. The molecule has 1 unspecified atom stereocenters. The summed E-state index contributed by atoms with van der Waals surface area (Å²) in [6.45, 7) is 5.27. The molecule has 1 rings (SSSR count). The maximum absolute atomic E-state index is 9.23. The van der Waals surface area contributed by atoms with Crippen LogP contribution in [0.25, 0.3) is 0 Å². The van der Waals surface area contributed by atoms with E-state index in [0.717, 1.165) is 18.4 Å². The minimum atomic E-state index is -1.04. The number of hydrogen-bond donors (Lipinski definition) is 1. The van der Waals surface area contributed by atoms with E-state index in [1.807, 2.05) is 30.3 Å². The lowest BCUT2D eigenvalue weighted by molar-refractivity contribution is 0.0973. The van der Waals surface area contributed by atoms with Crippen LogP contribution in [0, 0.1) is 17.2 Å². The molecule has 0 amide bonds. The average molecular weight is 246 g/mol. The zero-order chi connectivity index (χ0) is 13.4. The quantitative estimate of drug-likeness (QED) is 0.753. The highest BCUT2D eigenvalue weighted by atomic mass is 16.5. The Hall–Kier alpha value is -1.37. The smallest absolute Gasteiger partial charge is 0.153 e. The Morgan fingerprint density at radius 3 is 2.56 bits per heavy atom. The third-order valence-electron chi connectivity index (χ3n) is 2.89. The first-order valence-electron chi connectivity index (χ1n) is 6.42. The predicted molar refractivity (Wildman–Crippen MR) is 72.8 cm³/mol. The van der Waals surface area contributed by atoms with Crippen molar-refractivity contribution in [3.05, 3.63) is 35.9 Å². The number of ether oxygens (including phenoxy) is 1. The fraction of sp³-hybridized carbons (Fsp3) is 0.533. The molecular formula is C15H22N2O. The highest BCUT2D eigenvalue weighted by molar-refractivity contribution is 5.30. The first-order valence-corrected chi connectivity index (χ1v) is 6.42. The van der Waals surface area contributed by atoms with Gasteiger partial charge in [-0.1, -0.05) is 44.2 Å². The van der Waals surface area contributed by atoms with Gasteiger partial charge in [-0.25, -0.2) is 0 Å². The molecule has 0 aliphatic carbocycles. The summed E-state index contributed by atoms with van der Waals surface area (Å²) < 4.78 is 5.55. The van der Waals surface area contributed by atoms with Crippen LogP contribution >= 0.6 is 0 Å². The SMILES string of the molecule is CC(C)CCCOCC(N)(C#N)c1ccccc1. The lowest BCUT2D eigenvalue weighted by Crippen LogP contribution is -2.40. The Balaban J connectivity index is 2.45. The number of nitriles is 1. The van der Waals surface area contributed by atoms with Gasteiger partial charge in [0.15, 0.2) is 5.54 Å². The summed E-state index contributed by atoms with van der Waals surface area (Å²) in [6, 6.07) is 11.5. The van der Waals surface area contributed by atoms with Gasteiger partial charge in [-0.05, 0) is 24.3 Å². The predicted octanol–water partition coefficient (Wildman–Crippen LogP) is 2.82.